The van der Waals surface area contributed by atoms with Crippen molar-refractivity contribution in [3.63, 3.8) is 0 Å². The van der Waals surface area contributed by atoms with Crippen LogP contribution in [-0.2, 0) is 14.8 Å². The third-order valence-electron chi connectivity index (χ3n) is 4.97. The predicted octanol–water partition coefficient (Wildman–Crippen LogP) is 2.38. The second-order valence-corrected chi connectivity index (χ2v) is 8.76. The van der Waals surface area contributed by atoms with Crippen molar-refractivity contribution in [2.24, 2.45) is 0 Å². The summed E-state index contributed by atoms with van der Waals surface area (Å²) in [6.07, 6.45) is -0.0293. The highest BCUT2D eigenvalue weighted by molar-refractivity contribution is 7.89. The van der Waals surface area contributed by atoms with Gasteiger partial charge < -0.3 is 14.5 Å². The largest absolute Gasteiger partial charge is 0.492 e. The molecule has 7 nitrogen and oxygen atoms in total. The summed E-state index contributed by atoms with van der Waals surface area (Å²) in [5, 5.41) is 0. The first-order chi connectivity index (χ1) is 14.8. The van der Waals surface area contributed by atoms with Crippen molar-refractivity contribution in [3.8, 4) is 5.75 Å². The fraction of sp³-hybridized carbons (Fsp3) is 0.381. The van der Waals surface area contributed by atoms with Crippen molar-refractivity contribution in [2.75, 3.05) is 44.2 Å². The second-order valence-electron chi connectivity index (χ2n) is 6.99. The van der Waals surface area contributed by atoms with Crippen LogP contribution in [0.1, 0.15) is 13.3 Å². The third-order valence-corrected chi connectivity index (χ3v) is 6.43. The molecule has 0 aromatic heterocycles. The number of para-hydroxylation sites is 2. The fourth-order valence-electron chi connectivity index (χ4n) is 3.37. The normalized spacial score (nSPS) is 14.5. The molecule has 0 radical (unpaired) electrons. The number of nitrogens with zero attached hydrogens (tertiary/aromatic N) is 2. The van der Waals surface area contributed by atoms with Crippen molar-refractivity contribution in [1.29, 1.82) is 0 Å². The van der Waals surface area contributed by atoms with Gasteiger partial charge in [0, 0.05) is 39.1 Å². The minimum absolute atomic E-state index is 0.0293. The van der Waals surface area contributed by atoms with Crippen LogP contribution in [0.4, 0.5) is 14.5 Å². The molecule has 0 bridgehead atoms. The van der Waals surface area contributed by atoms with Crippen LogP contribution in [0, 0.1) is 11.6 Å². The van der Waals surface area contributed by atoms with Gasteiger partial charge in [0.2, 0.25) is 15.9 Å². The zero-order valence-corrected chi connectivity index (χ0v) is 18.0. The quantitative estimate of drug-likeness (QED) is 0.664. The van der Waals surface area contributed by atoms with E-state index in [1.54, 1.807) is 4.90 Å². The van der Waals surface area contributed by atoms with Crippen LogP contribution in [0.5, 0.6) is 5.75 Å². The van der Waals surface area contributed by atoms with Gasteiger partial charge in [0.1, 0.15) is 5.75 Å². The van der Waals surface area contributed by atoms with E-state index in [0.717, 1.165) is 23.6 Å². The molecular weight excluding hydrogens is 428 g/mol. The highest BCUT2D eigenvalue weighted by Crippen LogP contribution is 2.28. The number of carbonyl (C=O) groups excluding carboxylic acids is 1. The lowest BCUT2D eigenvalue weighted by Crippen LogP contribution is -2.49. The highest BCUT2D eigenvalue weighted by atomic mass is 32.2. The molecule has 168 valence electrons. The third kappa shape index (κ3) is 5.71. The smallest absolute Gasteiger partial charge is 0.240 e. The molecular formula is C21H25F2N3O4S. The monoisotopic (exact) mass is 453 g/mol. The average Bonchev–Trinajstić information content (AvgIpc) is 2.76. The Hall–Kier alpha value is -2.72. The van der Waals surface area contributed by atoms with Crippen LogP contribution in [0.3, 0.4) is 0 Å². The molecule has 2 aromatic rings. The average molecular weight is 454 g/mol. The molecule has 1 heterocycles. The van der Waals surface area contributed by atoms with Gasteiger partial charge in [-0.15, -0.1) is 0 Å². The number of benzene rings is 2. The Kier molecular flexibility index (Phi) is 7.45. The van der Waals surface area contributed by atoms with E-state index in [4.69, 9.17) is 4.74 Å². The number of ether oxygens (including phenoxy) is 1. The Morgan fingerprint density at radius 3 is 2.45 bits per heavy atom. The van der Waals surface area contributed by atoms with E-state index < -0.39 is 21.7 Å². The molecule has 1 aliphatic rings. The lowest BCUT2D eigenvalue weighted by Gasteiger charge is -2.36. The Balaban J connectivity index is 1.50. The van der Waals surface area contributed by atoms with E-state index >= 15 is 0 Å². The van der Waals surface area contributed by atoms with Crippen LogP contribution < -0.4 is 14.4 Å². The summed E-state index contributed by atoms with van der Waals surface area (Å²) in [6.45, 7) is 4.65. The number of amides is 1. The lowest BCUT2D eigenvalue weighted by atomic mass is 10.2. The van der Waals surface area contributed by atoms with Gasteiger partial charge in [0.05, 0.1) is 17.2 Å². The van der Waals surface area contributed by atoms with E-state index in [-0.39, 0.29) is 23.8 Å². The standard InChI is InChI=1S/C21H25F2N3O4S/c1-2-30-20-6-4-3-5-19(20)25-11-13-26(14-12-25)21(27)9-10-24-31(28,29)16-7-8-17(22)18(23)15-16/h3-8,15,24H,2,9-14H2,1H3. The number of nitrogens with one attached hydrogen (secondary N) is 1. The van der Waals surface area contributed by atoms with Gasteiger partial charge in [-0.1, -0.05) is 12.1 Å². The molecule has 0 spiro atoms. The Morgan fingerprint density at radius 2 is 1.77 bits per heavy atom. The molecule has 0 unspecified atom stereocenters. The number of hydrogen-bond acceptors (Lipinski definition) is 5. The summed E-state index contributed by atoms with van der Waals surface area (Å²) in [5.74, 6) is -1.75. The van der Waals surface area contributed by atoms with Crippen molar-refractivity contribution in [2.45, 2.75) is 18.2 Å². The zero-order chi connectivity index (χ0) is 22.4. The maximum absolute atomic E-state index is 13.3. The van der Waals surface area contributed by atoms with Crippen molar-refractivity contribution in [1.82, 2.24) is 9.62 Å². The Morgan fingerprint density at radius 1 is 1.06 bits per heavy atom. The van der Waals surface area contributed by atoms with Gasteiger partial charge >= 0.3 is 0 Å². The topological polar surface area (TPSA) is 79.0 Å². The van der Waals surface area contributed by atoms with Gasteiger partial charge in [-0.05, 0) is 37.3 Å². The summed E-state index contributed by atoms with van der Waals surface area (Å²) in [4.78, 5) is 15.9. The van der Waals surface area contributed by atoms with Crippen molar-refractivity contribution < 1.29 is 26.7 Å². The SMILES string of the molecule is CCOc1ccccc1N1CCN(C(=O)CCNS(=O)(=O)c2ccc(F)c(F)c2)CC1. The molecule has 0 saturated carbocycles. The van der Waals surface area contributed by atoms with Crippen LogP contribution in [0.2, 0.25) is 0 Å². The molecule has 1 aliphatic heterocycles. The summed E-state index contributed by atoms with van der Waals surface area (Å²) in [7, 11) is -4.03. The first-order valence-electron chi connectivity index (χ1n) is 10.0. The minimum atomic E-state index is -4.03. The van der Waals surface area contributed by atoms with E-state index in [1.807, 2.05) is 31.2 Å². The molecule has 3 rings (SSSR count). The van der Waals surface area contributed by atoms with Crippen LogP contribution in [0.15, 0.2) is 47.4 Å². The molecule has 0 atom stereocenters. The maximum Gasteiger partial charge on any atom is 0.240 e. The van der Waals surface area contributed by atoms with Crippen LogP contribution in [0.25, 0.3) is 0 Å². The van der Waals surface area contributed by atoms with Gasteiger partial charge in [0.15, 0.2) is 11.6 Å². The van der Waals surface area contributed by atoms with E-state index in [0.29, 0.717) is 38.9 Å². The highest BCUT2D eigenvalue weighted by Gasteiger charge is 2.23. The van der Waals surface area contributed by atoms with Crippen molar-refractivity contribution in [3.05, 3.63) is 54.1 Å². The predicted molar refractivity (Wildman–Crippen MR) is 113 cm³/mol. The molecule has 1 amide bonds. The fourth-order valence-corrected chi connectivity index (χ4v) is 4.41. The number of carbonyl (C=O) groups is 1. The summed E-state index contributed by atoms with van der Waals surface area (Å²) in [6, 6.07) is 10.1. The summed E-state index contributed by atoms with van der Waals surface area (Å²) in [5.41, 5.74) is 0.982. The number of halogens is 2. The summed E-state index contributed by atoms with van der Waals surface area (Å²) >= 11 is 0. The van der Waals surface area contributed by atoms with E-state index in [2.05, 4.69) is 9.62 Å². The number of piperazine rings is 1. The molecule has 0 aliphatic carbocycles. The van der Waals surface area contributed by atoms with E-state index in [1.165, 1.54) is 0 Å². The number of rotatable bonds is 8. The minimum Gasteiger partial charge on any atom is -0.492 e. The first kappa shape index (κ1) is 23.0. The number of sulfonamides is 1. The maximum atomic E-state index is 13.3. The molecule has 10 heteroatoms. The molecule has 31 heavy (non-hydrogen) atoms. The number of hydrogen-bond donors (Lipinski definition) is 1. The van der Waals surface area contributed by atoms with Gasteiger partial charge in [0.25, 0.3) is 0 Å². The molecule has 2 aromatic carbocycles. The Labute approximate surface area is 180 Å². The van der Waals surface area contributed by atoms with Crippen LogP contribution in [-0.4, -0.2) is 58.6 Å². The summed E-state index contributed by atoms with van der Waals surface area (Å²) < 4.78 is 58.6. The lowest BCUT2D eigenvalue weighted by molar-refractivity contribution is -0.131. The van der Waals surface area contributed by atoms with Crippen molar-refractivity contribution >= 4 is 21.6 Å². The zero-order valence-electron chi connectivity index (χ0n) is 17.2. The molecule has 1 fully saturated rings. The van der Waals surface area contributed by atoms with Crippen LogP contribution >= 0.6 is 0 Å². The molecule has 1 N–H and O–H groups in total. The second kappa shape index (κ2) is 10.1. The molecule has 1 saturated heterocycles. The van der Waals surface area contributed by atoms with Gasteiger partial charge in [-0.3, -0.25) is 4.79 Å². The number of anilines is 1. The Bertz CT molecular complexity index is 1030. The van der Waals surface area contributed by atoms with Gasteiger partial charge in [-0.25, -0.2) is 21.9 Å². The first-order valence-corrected chi connectivity index (χ1v) is 11.5. The van der Waals surface area contributed by atoms with Gasteiger partial charge in [-0.2, -0.15) is 0 Å². The van der Waals surface area contributed by atoms with E-state index in [9.17, 15) is 22.0 Å².